The van der Waals surface area contributed by atoms with Gasteiger partial charge in [-0.15, -0.1) is 0 Å². The maximum absolute atomic E-state index is 11.4. The van der Waals surface area contributed by atoms with E-state index in [2.05, 4.69) is 12.2 Å². The molecule has 0 amide bonds. The highest BCUT2D eigenvalue weighted by Gasteiger charge is 2.00. The first kappa shape index (κ1) is 15.6. The Labute approximate surface area is 119 Å². The van der Waals surface area contributed by atoms with Crippen molar-refractivity contribution in [3.63, 3.8) is 0 Å². The molecule has 0 unspecified atom stereocenters. The average Bonchev–Trinajstić information content (AvgIpc) is 2.42. The van der Waals surface area contributed by atoms with Gasteiger partial charge in [0.15, 0.2) is 0 Å². The van der Waals surface area contributed by atoms with Gasteiger partial charge in [0.05, 0.1) is 6.26 Å². The molecule has 0 saturated carbocycles. The average molecular weight is 282 g/mol. The lowest BCUT2D eigenvalue weighted by Crippen LogP contribution is -2.14. The SMILES string of the molecule is CCCCCC=COC(=O)CNc1ccc(Cl)cc1. The summed E-state index contributed by atoms with van der Waals surface area (Å²) in [7, 11) is 0. The molecule has 1 aromatic rings. The predicted octanol–water partition coefficient (Wildman–Crippen LogP) is 4.39. The topological polar surface area (TPSA) is 38.3 Å². The number of carbonyl (C=O) groups excluding carboxylic acids is 1. The predicted molar refractivity (Wildman–Crippen MR) is 79.3 cm³/mol. The fourth-order valence-electron chi connectivity index (χ4n) is 1.49. The largest absolute Gasteiger partial charge is 0.434 e. The number of hydrogen-bond acceptors (Lipinski definition) is 3. The van der Waals surface area contributed by atoms with Gasteiger partial charge in [0.2, 0.25) is 0 Å². The highest BCUT2D eigenvalue weighted by atomic mass is 35.5. The molecule has 0 aliphatic rings. The Morgan fingerprint density at radius 3 is 2.74 bits per heavy atom. The molecule has 104 valence electrons. The van der Waals surface area contributed by atoms with Crippen LogP contribution in [0.2, 0.25) is 5.02 Å². The molecule has 0 spiro atoms. The summed E-state index contributed by atoms with van der Waals surface area (Å²) in [6.07, 6.45) is 7.84. The summed E-state index contributed by atoms with van der Waals surface area (Å²) < 4.78 is 4.96. The Morgan fingerprint density at radius 2 is 2.05 bits per heavy atom. The summed E-state index contributed by atoms with van der Waals surface area (Å²) in [5.74, 6) is -0.304. The number of hydrogen-bond donors (Lipinski definition) is 1. The molecule has 0 fully saturated rings. The Hall–Kier alpha value is -1.48. The molecule has 3 nitrogen and oxygen atoms in total. The van der Waals surface area contributed by atoms with Crippen LogP contribution in [0, 0.1) is 0 Å². The molecule has 0 bridgehead atoms. The van der Waals surface area contributed by atoms with Gasteiger partial charge >= 0.3 is 5.97 Å². The van der Waals surface area contributed by atoms with E-state index < -0.39 is 0 Å². The van der Waals surface area contributed by atoms with E-state index in [0.717, 1.165) is 18.5 Å². The van der Waals surface area contributed by atoms with E-state index in [4.69, 9.17) is 16.3 Å². The molecular weight excluding hydrogens is 262 g/mol. The zero-order valence-corrected chi connectivity index (χ0v) is 12.0. The van der Waals surface area contributed by atoms with E-state index in [9.17, 15) is 4.79 Å². The fraction of sp³-hybridized carbons (Fsp3) is 0.400. The number of halogens is 1. The molecule has 19 heavy (non-hydrogen) atoms. The van der Waals surface area contributed by atoms with Crippen molar-refractivity contribution in [2.45, 2.75) is 32.6 Å². The highest BCUT2D eigenvalue weighted by molar-refractivity contribution is 6.30. The third-order valence-corrected chi connectivity index (χ3v) is 2.80. The Balaban J connectivity index is 2.15. The minimum absolute atomic E-state index is 0.140. The zero-order valence-electron chi connectivity index (χ0n) is 11.2. The van der Waals surface area contributed by atoms with Crippen molar-refractivity contribution in [3.05, 3.63) is 41.6 Å². The normalized spacial score (nSPS) is 10.6. The van der Waals surface area contributed by atoms with Gasteiger partial charge in [-0.1, -0.05) is 31.4 Å². The van der Waals surface area contributed by atoms with Crippen LogP contribution in [0.5, 0.6) is 0 Å². The number of carbonyl (C=O) groups is 1. The lowest BCUT2D eigenvalue weighted by Gasteiger charge is -2.04. The maximum atomic E-state index is 11.4. The quantitative estimate of drug-likeness (QED) is 0.436. The summed E-state index contributed by atoms with van der Waals surface area (Å²) in [6.45, 7) is 2.30. The smallest absolute Gasteiger partial charge is 0.330 e. The van der Waals surface area contributed by atoms with Crippen molar-refractivity contribution in [2.75, 3.05) is 11.9 Å². The van der Waals surface area contributed by atoms with Gasteiger partial charge < -0.3 is 10.1 Å². The number of esters is 1. The Morgan fingerprint density at radius 1 is 1.32 bits per heavy atom. The molecule has 1 aromatic carbocycles. The number of unbranched alkanes of at least 4 members (excludes halogenated alkanes) is 3. The van der Waals surface area contributed by atoms with Crippen LogP contribution in [0.3, 0.4) is 0 Å². The van der Waals surface area contributed by atoms with Crippen molar-refractivity contribution >= 4 is 23.3 Å². The molecular formula is C15H20ClNO2. The van der Waals surface area contributed by atoms with Crippen molar-refractivity contribution in [1.29, 1.82) is 0 Å². The van der Waals surface area contributed by atoms with Crippen LogP contribution in [0.1, 0.15) is 32.6 Å². The first-order chi connectivity index (χ1) is 9.22. The summed E-state index contributed by atoms with van der Waals surface area (Å²) in [6, 6.07) is 7.16. The minimum Gasteiger partial charge on any atom is -0.434 e. The minimum atomic E-state index is -0.304. The molecule has 4 heteroatoms. The van der Waals surface area contributed by atoms with Crippen LogP contribution in [-0.4, -0.2) is 12.5 Å². The summed E-state index contributed by atoms with van der Waals surface area (Å²) in [4.78, 5) is 11.4. The molecule has 0 aromatic heterocycles. The van der Waals surface area contributed by atoms with E-state index in [-0.39, 0.29) is 12.5 Å². The molecule has 0 saturated heterocycles. The second kappa shape index (κ2) is 9.45. The Kier molecular flexibility index (Phi) is 7.75. The maximum Gasteiger partial charge on any atom is 0.330 e. The van der Waals surface area contributed by atoms with Gasteiger partial charge in [0, 0.05) is 10.7 Å². The second-order valence-corrected chi connectivity index (χ2v) is 4.65. The number of nitrogens with one attached hydrogen (secondary N) is 1. The summed E-state index contributed by atoms with van der Waals surface area (Å²) >= 11 is 5.77. The highest BCUT2D eigenvalue weighted by Crippen LogP contribution is 2.12. The van der Waals surface area contributed by atoms with E-state index >= 15 is 0 Å². The number of allylic oxidation sites excluding steroid dienone is 1. The molecule has 0 aliphatic carbocycles. The Bertz CT molecular complexity index is 401. The van der Waals surface area contributed by atoms with Gasteiger partial charge in [-0.3, -0.25) is 0 Å². The molecule has 0 heterocycles. The summed E-state index contributed by atoms with van der Waals surface area (Å²) in [5.41, 5.74) is 0.841. The molecule has 1 rings (SSSR count). The van der Waals surface area contributed by atoms with Crippen LogP contribution < -0.4 is 5.32 Å². The van der Waals surface area contributed by atoms with Crippen molar-refractivity contribution in [3.8, 4) is 0 Å². The molecule has 1 N–H and O–H groups in total. The van der Waals surface area contributed by atoms with Gasteiger partial charge in [-0.05, 0) is 43.2 Å². The van der Waals surface area contributed by atoms with Gasteiger partial charge in [0.25, 0.3) is 0 Å². The van der Waals surface area contributed by atoms with Crippen LogP contribution in [0.4, 0.5) is 5.69 Å². The third-order valence-electron chi connectivity index (χ3n) is 2.55. The van der Waals surface area contributed by atoms with E-state index in [1.165, 1.54) is 19.1 Å². The van der Waals surface area contributed by atoms with Crippen LogP contribution in [0.15, 0.2) is 36.6 Å². The molecule has 0 atom stereocenters. The van der Waals surface area contributed by atoms with Crippen molar-refractivity contribution in [2.24, 2.45) is 0 Å². The number of benzene rings is 1. The van der Waals surface area contributed by atoms with Crippen molar-refractivity contribution in [1.82, 2.24) is 0 Å². The third kappa shape index (κ3) is 7.52. The summed E-state index contributed by atoms with van der Waals surface area (Å²) in [5, 5.41) is 3.64. The van der Waals surface area contributed by atoms with Gasteiger partial charge in [-0.2, -0.15) is 0 Å². The molecule has 0 aliphatic heterocycles. The van der Waals surface area contributed by atoms with Gasteiger partial charge in [0.1, 0.15) is 6.54 Å². The van der Waals surface area contributed by atoms with Gasteiger partial charge in [-0.25, -0.2) is 4.79 Å². The van der Waals surface area contributed by atoms with E-state index in [1.807, 2.05) is 18.2 Å². The first-order valence-electron chi connectivity index (χ1n) is 6.56. The van der Waals surface area contributed by atoms with Crippen LogP contribution in [0.25, 0.3) is 0 Å². The van der Waals surface area contributed by atoms with Crippen LogP contribution >= 0.6 is 11.6 Å². The number of ether oxygens (including phenoxy) is 1. The fourth-order valence-corrected chi connectivity index (χ4v) is 1.61. The van der Waals surface area contributed by atoms with E-state index in [1.54, 1.807) is 12.1 Å². The number of anilines is 1. The standard InChI is InChI=1S/C15H20ClNO2/c1-2-3-4-5-6-11-19-15(18)12-17-14-9-7-13(16)8-10-14/h6-11,17H,2-5,12H2,1H3. The first-order valence-corrected chi connectivity index (χ1v) is 6.94. The lowest BCUT2D eigenvalue weighted by atomic mass is 10.2. The number of rotatable bonds is 8. The van der Waals surface area contributed by atoms with E-state index in [0.29, 0.717) is 5.02 Å². The van der Waals surface area contributed by atoms with Crippen molar-refractivity contribution < 1.29 is 9.53 Å². The second-order valence-electron chi connectivity index (χ2n) is 4.22. The zero-order chi connectivity index (χ0) is 13.9. The lowest BCUT2D eigenvalue weighted by molar-refractivity contribution is -0.135. The molecule has 0 radical (unpaired) electrons. The monoisotopic (exact) mass is 281 g/mol. The van der Waals surface area contributed by atoms with Crippen LogP contribution in [-0.2, 0) is 9.53 Å².